The van der Waals surface area contributed by atoms with E-state index in [1.54, 1.807) is 0 Å². The molecule has 0 radical (unpaired) electrons. The minimum Gasteiger partial charge on any atom is -0.316 e. The molecule has 5 atom stereocenters. The van der Waals surface area contributed by atoms with Gasteiger partial charge in [-0.05, 0) is 61.9 Å². The van der Waals surface area contributed by atoms with Gasteiger partial charge in [-0.15, -0.1) is 0 Å². The van der Waals surface area contributed by atoms with E-state index in [-0.39, 0.29) is 0 Å². The fraction of sp³-hybridized carbons (Fsp3) is 0.875. The Morgan fingerprint density at radius 2 is 1.82 bits per heavy atom. The van der Waals surface area contributed by atoms with Gasteiger partial charge in [0.05, 0.1) is 0 Å². The smallest absolute Gasteiger partial charge is 0.00146 e. The lowest BCUT2D eigenvalue weighted by molar-refractivity contribution is 0.242. The van der Waals surface area contributed by atoms with Crippen molar-refractivity contribution < 1.29 is 0 Å². The van der Waals surface area contributed by atoms with Crippen LogP contribution in [0.4, 0.5) is 0 Å². The molecular weight excluding hydrogens is 206 g/mol. The molecule has 1 N–H and O–H groups in total. The number of rotatable bonds is 4. The van der Waals surface area contributed by atoms with Crippen molar-refractivity contribution in [3.63, 3.8) is 0 Å². The predicted molar refractivity (Wildman–Crippen MR) is 72.8 cm³/mol. The molecule has 0 aliphatic heterocycles. The zero-order valence-corrected chi connectivity index (χ0v) is 11.2. The van der Waals surface area contributed by atoms with E-state index in [9.17, 15) is 0 Å². The molecule has 5 unspecified atom stereocenters. The Kier molecular flexibility index (Phi) is 3.56. The average molecular weight is 233 g/mol. The van der Waals surface area contributed by atoms with Crippen LogP contribution in [-0.4, -0.2) is 13.1 Å². The third kappa shape index (κ3) is 2.59. The first-order valence-electron chi connectivity index (χ1n) is 7.72. The number of fused-ring (bicyclic) bond motifs is 2. The average Bonchev–Trinajstić information content (AvgIpc) is 2.94. The third-order valence-electron chi connectivity index (χ3n) is 5.52. The molecule has 0 amide bonds. The quantitative estimate of drug-likeness (QED) is 0.731. The minimum atomic E-state index is 0.913. The summed E-state index contributed by atoms with van der Waals surface area (Å²) in [6, 6.07) is 0. The first-order chi connectivity index (χ1) is 8.33. The molecule has 0 heterocycles. The van der Waals surface area contributed by atoms with E-state index in [2.05, 4.69) is 24.4 Å². The second kappa shape index (κ2) is 5.14. The lowest BCUT2D eigenvalue weighted by Gasteiger charge is -2.29. The number of hydrogen-bond donors (Lipinski definition) is 1. The molecule has 2 bridgehead atoms. The van der Waals surface area contributed by atoms with Crippen LogP contribution >= 0.6 is 0 Å². The van der Waals surface area contributed by atoms with E-state index in [1.165, 1.54) is 51.6 Å². The standard InChI is InChI=1S/C16H27N/c1-12-4-2-3-5-15(12)10-17-11-16-9-13-6-7-14(16)8-13/h6-7,12-17H,2-5,8-11H2,1H3. The van der Waals surface area contributed by atoms with Crippen molar-refractivity contribution in [1.29, 1.82) is 0 Å². The highest BCUT2D eigenvalue weighted by atomic mass is 14.9. The minimum absolute atomic E-state index is 0.913. The van der Waals surface area contributed by atoms with Gasteiger partial charge < -0.3 is 5.32 Å². The summed E-state index contributed by atoms with van der Waals surface area (Å²) >= 11 is 0. The van der Waals surface area contributed by atoms with Crippen LogP contribution < -0.4 is 5.32 Å². The maximum absolute atomic E-state index is 3.78. The van der Waals surface area contributed by atoms with Crippen molar-refractivity contribution in [3.05, 3.63) is 12.2 Å². The van der Waals surface area contributed by atoms with Crippen LogP contribution in [0.25, 0.3) is 0 Å². The number of nitrogens with one attached hydrogen (secondary N) is 1. The fourth-order valence-corrected chi connectivity index (χ4v) is 4.28. The highest BCUT2D eigenvalue weighted by Crippen LogP contribution is 2.43. The Labute approximate surface area is 106 Å². The zero-order valence-electron chi connectivity index (χ0n) is 11.2. The second-order valence-corrected chi connectivity index (χ2v) is 6.72. The van der Waals surface area contributed by atoms with E-state index >= 15 is 0 Å². The monoisotopic (exact) mass is 233 g/mol. The van der Waals surface area contributed by atoms with Gasteiger partial charge in [-0.3, -0.25) is 0 Å². The highest BCUT2D eigenvalue weighted by molar-refractivity contribution is 5.10. The fourth-order valence-electron chi connectivity index (χ4n) is 4.28. The largest absolute Gasteiger partial charge is 0.316 e. The predicted octanol–water partition coefficient (Wildman–Crippen LogP) is 3.61. The Balaban J connectivity index is 1.39. The van der Waals surface area contributed by atoms with Gasteiger partial charge in [0.2, 0.25) is 0 Å². The summed E-state index contributed by atoms with van der Waals surface area (Å²) in [4.78, 5) is 0. The molecule has 1 nitrogen and oxygen atoms in total. The van der Waals surface area contributed by atoms with Crippen molar-refractivity contribution in [2.45, 2.75) is 45.4 Å². The molecule has 0 aromatic rings. The van der Waals surface area contributed by atoms with Crippen LogP contribution in [0.15, 0.2) is 12.2 Å². The molecule has 0 saturated heterocycles. The molecule has 3 aliphatic carbocycles. The summed E-state index contributed by atoms with van der Waals surface area (Å²) in [6.45, 7) is 5.00. The molecule has 96 valence electrons. The maximum Gasteiger partial charge on any atom is -0.00146 e. The summed E-state index contributed by atoms with van der Waals surface area (Å²) in [5.41, 5.74) is 0. The summed E-state index contributed by atoms with van der Waals surface area (Å²) in [7, 11) is 0. The molecular formula is C16H27N. The van der Waals surface area contributed by atoms with E-state index in [0.717, 1.165) is 29.6 Å². The molecule has 2 saturated carbocycles. The first-order valence-corrected chi connectivity index (χ1v) is 7.72. The summed E-state index contributed by atoms with van der Waals surface area (Å²) < 4.78 is 0. The van der Waals surface area contributed by atoms with Gasteiger partial charge in [0.25, 0.3) is 0 Å². The highest BCUT2D eigenvalue weighted by Gasteiger charge is 2.35. The van der Waals surface area contributed by atoms with Gasteiger partial charge in [0.15, 0.2) is 0 Å². The molecule has 3 rings (SSSR count). The first kappa shape index (κ1) is 11.8. The normalized spacial score (nSPS) is 44.4. The summed E-state index contributed by atoms with van der Waals surface area (Å²) in [5.74, 6) is 4.70. The van der Waals surface area contributed by atoms with Crippen LogP contribution in [0.2, 0.25) is 0 Å². The molecule has 0 spiro atoms. The van der Waals surface area contributed by atoms with Crippen LogP contribution in [0.1, 0.15) is 45.4 Å². The van der Waals surface area contributed by atoms with Gasteiger partial charge >= 0.3 is 0 Å². The van der Waals surface area contributed by atoms with Crippen LogP contribution in [0, 0.1) is 29.6 Å². The topological polar surface area (TPSA) is 12.0 Å². The van der Waals surface area contributed by atoms with Crippen molar-refractivity contribution in [2.24, 2.45) is 29.6 Å². The van der Waals surface area contributed by atoms with E-state index in [0.29, 0.717) is 0 Å². The molecule has 1 heteroatoms. The summed E-state index contributed by atoms with van der Waals surface area (Å²) in [5, 5.41) is 3.78. The number of allylic oxidation sites excluding steroid dienone is 2. The van der Waals surface area contributed by atoms with Gasteiger partial charge in [0, 0.05) is 0 Å². The summed E-state index contributed by atoms with van der Waals surface area (Å²) in [6.07, 6.45) is 13.7. The maximum atomic E-state index is 3.78. The van der Waals surface area contributed by atoms with Gasteiger partial charge in [-0.1, -0.05) is 38.3 Å². The zero-order chi connectivity index (χ0) is 11.7. The Morgan fingerprint density at radius 3 is 2.53 bits per heavy atom. The van der Waals surface area contributed by atoms with Crippen molar-refractivity contribution in [1.82, 2.24) is 5.32 Å². The van der Waals surface area contributed by atoms with E-state index in [1.807, 2.05) is 0 Å². The Bertz CT molecular complexity index is 283. The Hall–Kier alpha value is -0.300. The lowest BCUT2D eigenvalue weighted by Crippen LogP contribution is -2.33. The van der Waals surface area contributed by atoms with Crippen LogP contribution in [-0.2, 0) is 0 Å². The van der Waals surface area contributed by atoms with Crippen molar-refractivity contribution in [3.8, 4) is 0 Å². The molecule has 17 heavy (non-hydrogen) atoms. The lowest BCUT2D eigenvalue weighted by atomic mass is 9.80. The number of hydrogen-bond acceptors (Lipinski definition) is 1. The molecule has 0 aromatic carbocycles. The van der Waals surface area contributed by atoms with Gasteiger partial charge in [-0.25, -0.2) is 0 Å². The third-order valence-corrected chi connectivity index (χ3v) is 5.52. The van der Waals surface area contributed by atoms with E-state index in [4.69, 9.17) is 0 Å². The SMILES string of the molecule is CC1CCCCC1CNCC1CC2C=CC1C2. The van der Waals surface area contributed by atoms with Crippen molar-refractivity contribution in [2.75, 3.05) is 13.1 Å². The molecule has 3 aliphatic rings. The molecule has 0 aromatic heterocycles. The van der Waals surface area contributed by atoms with Gasteiger partial charge in [0.1, 0.15) is 0 Å². The Morgan fingerprint density at radius 1 is 1.00 bits per heavy atom. The second-order valence-electron chi connectivity index (χ2n) is 6.72. The van der Waals surface area contributed by atoms with Crippen molar-refractivity contribution >= 4 is 0 Å². The van der Waals surface area contributed by atoms with Crippen LogP contribution in [0.5, 0.6) is 0 Å². The molecule has 2 fully saturated rings. The van der Waals surface area contributed by atoms with Gasteiger partial charge in [-0.2, -0.15) is 0 Å². The van der Waals surface area contributed by atoms with E-state index < -0.39 is 0 Å². The van der Waals surface area contributed by atoms with Crippen LogP contribution in [0.3, 0.4) is 0 Å².